The predicted molar refractivity (Wildman–Crippen MR) is 72.6 cm³/mol. The van der Waals surface area contributed by atoms with E-state index in [1.165, 1.54) is 0 Å². The minimum Gasteiger partial charge on any atom is -0.478 e. The largest absolute Gasteiger partial charge is 0.478 e. The van der Waals surface area contributed by atoms with Crippen LogP contribution in [0.5, 0.6) is 0 Å². The molecule has 0 amide bonds. The highest BCUT2D eigenvalue weighted by atomic mass is 79.9. The number of carboxylic acid groups (broad SMARTS) is 1. The Balaban J connectivity index is 2.68. The average molecular weight is 304 g/mol. The van der Waals surface area contributed by atoms with Gasteiger partial charge in [-0.3, -0.25) is 0 Å². The van der Waals surface area contributed by atoms with E-state index in [-0.39, 0.29) is 0 Å². The van der Waals surface area contributed by atoms with Crippen LogP contribution in [0.3, 0.4) is 0 Å². The summed E-state index contributed by atoms with van der Waals surface area (Å²) in [5.74, 6) is 0.170. The average Bonchev–Trinajstić information content (AvgIpc) is 2.24. The van der Waals surface area contributed by atoms with Crippen molar-refractivity contribution in [3.8, 4) is 0 Å². The number of hydrogen-bond acceptors (Lipinski definition) is 3. The molecule has 0 aliphatic rings. The van der Waals surface area contributed by atoms with Gasteiger partial charge in [0.05, 0.1) is 5.56 Å². The number of halogens is 1. The summed E-state index contributed by atoms with van der Waals surface area (Å²) >= 11 is 5.12. The Labute approximate surface area is 108 Å². The zero-order chi connectivity index (χ0) is 12.0. The van der Waals surface area contributed by atoms with Crippen molar-refractivity contribution >= 4 is 39.3 Å². The molecular weight excluding hydrogens is 290 g/mol. The van der Waals surface area contributed by atoms with E-state index < -0.39 is 5.97 Å². The maximum Gasteiger partial charge on any atom is 0.337 e. The van der Waals surface area contributed by atoms with Crippen LogP contribution in [-0.4, -0.2) is 29.6 Å². The van der Waals surface area contributed by atoms with E-state index in [9.17, 15) is 4.79 Å². The second-order valence-electron chi connectivity index (χ2n) is 3.27. The lowest BCUT2D eigenvalue weighted by Gasteiger charge is -2.09. The number of hydrogen-bond donors (Lipinski definition) is 2. The highest BCUT2D eigenvalue weighted by Crippen LogP contribution is 2.21. The van der Waals surface area contributed by atoms with E-state index in [2.05, 4.69) is 27.5 Å². The standard InChI is InChI=1S/C11H14BrNO2S/c1-16-6-2-5-13-10-7-8(12)3-4-9(10)11(14)15/h3-4,7,13H,2,5-6H2,1H3,(H,14,15). The Morgan fingerprint density at radius 3 is 2.94 bits per heavy atom. The number of rotatable bonds is 6. The molecule has 1 rings (SSSR count). The molecule has 0 aromatic heterocycles. The van der Waals surface area contributed by atoms with Gasteiger partial charge < -0.3 is 10.4 Å². The summed E-state index contributed by atoms with van der Waals surface area (Å²) in [5.41, 5.74) is 0.982. The first-order valence-corrected chi connectivity index (χ1v) is 7.09. The molecule has 1 aromatic carbocycles. The van der Waals surface area contributed by atoms with Crippen LogP contribution in [0.25, 0.3) is 0 Å². The first-order chi connectivity index (χ1) is 7.65. The van der Waals surface area contributed by atoms with E-state index >= 15 is 0 Å². The molecule has 88 valence electrons. The van der Waals surface area contributed by atoms with Crippen LogP contribution < -0.4 is 5.32 Å². The molecule has 3 nitrogen and oxygen atoms in total. The van der Waals surface area contributed by atoms with E-state index in [0.717, 1.165) is 23.2 Å². The van der Waals surface area contributed by atoms with Crippen molar-refractivity contribution in [1.29, 1.82) is 0 Å². The first kappa shape index (κ1) is 13.4. The van der Waals surface area contributed by atoms with Crippen molar-refractivity contribution in [1.82, 2.24) is 0 Å². The van der Waals surface area contributed by atoms with Gasteiger partial charge in [-0.1, -0.05) is 15.9 Å². The number of carbonyl (C=O) groups is 1. The molecule has 5 heteroatoms. The summed E-state index contributed by atoms with van der Waals surface area (Å²) in [6.45, 7) is 0.789. The molecule has 2 N–H and O–H groups in total. The Kier molecular flexibility index (Phi) is 5.69. The second-order valence-corrected chi connectivity index (χ2v) is 5.17. The molecule has 0 aliphatic heterocycles. The van der Waals surface area contributed by atoms with Gasteiger partial charge in [0.15, 0.2) is 0 Å². The maximum absolute atomic E-state index is 11.0. The van der Waals surface area contributed by atoms with Crippen LogP contribution >= 0.6 is 27.7 Å². The van der Waals surface area contributed by atoms with Gasteiger partial charge in [-0.15, -0.1) is 0 Å². The highest BCUT2D eigenvalue weighted by Gasteiger charge is 2.09. The summed E-state index contributed by atoms with van der Waals surface area (Å²) < 4.78 is 0.880. The van der Waals surface area contributed by atoms with Crippen molar-refractivity contribution < 1.29 is 9.90 Å². The third kappa shape index (κ3) is 4.06. The SMILES string of the molecule is CSCCCNc1cc(Br)ccc1C(=O)O. The molecule has 16 heavy (non-hydrogen) atoms. The van der Waals surface area contributed by atoms with Crippen LogP contribution in [0.2, 0.25) is 0 Å². The Morgan fingerprint density at radius 1 is 1.56 bits per heavy atom. The number of nitrogens with one attached hydrogen (secondary N) is 1. The third-order valence-corrected chi connectivity index (χ3v) is 3.24. The van der Waals surface area contributed by atoms with E-state index in [4.69, 9.17) is 5.11 Å². The van der Waals surface area contributed by atoms with Crippen LogP contribution in [-0.2, 0) is 0 Å². The minimum absolute atomic E-state index is 0.312. The molecular formula is C11H14BrNO2S. The first-order valence-electron chi connectivity index (χ1n) is 4.91. The lowest BCUT2D eigenvalue weighted by atomic mass is 10.2. The summed E-state index contributed by atoms with van der Waals surface area (Å²) in [7, 11) is 0. The molecule has 0 aliphatic carbocycles. The molecule has 0 bridgehead atoms. The molecule has 1 aromatic rings. The number of anilines is 1. The molecule has 0 unspecified atom stereocenters. The Hall–Kier alpha value is -0.680. The van der Waals surface area contributed by atoms with Gasteiger partial charge in [0.25, 0.3) is 0 Å². The minimum atomic E-state index is -0.903. The third-order valence-electron chi connectivity index (χ3n) is 2.05. The maximum atomic E-state index is 11.0. The van der Waals surface area contributed by atoms with Crippen molar-refractivity contribution in [2.75, 3.05) is 23.9 Å². The molecule has 0 radical (unpaired) electrons. The number of carboxylic acids is 1. The molecule has 0 atom stereocenters. The number of thioether (sulfide) groups is 1. The molecule has 0 spiro atoms. The quantitative estimate of drug-likeness (QED) is 0.792. The van der Waals surface area contributed by atoms with Crippen molar-refractivity contribution in [2.24, 2.45) is 0 Å². The predicted octanol–water partition coefficient (Wildman–Crippen LogP) is 3.31. The highest BCUT2D eigenvalue weighted by molar-refractivity contribution is 9.10. The van der Waals surface area contributed by atoms with Crippen molar-refractivity contribution in [3.63, 3.8) is 0 Å². The topological polar surface area (TPSA) is 49.3 Å². The summed E-state index contributed by atoms with van der Waals surface area (Å²) in [5, 5.41) is 12.1. The van der Waals surface area contributed by atoms with E-state index in [1.54, 1.807) is 30.0 Å². The lowest BCUT2D eigenvalue weighted by molar-refractivity contribution is 0.0698. The van der Waals surface area contributed by atoms with Crippen molar-refractivity contribution in [2.45, 2.75) is 6.42 Å². The van der Waals surface area contributed by atoms with Crippen LogP contribution in [0.4, 0.5) is 5.69 Å². The van der Waals surface area contributed by atoms with E-state index in [0.29, 0.717) is 11.3 Å². The molecule has 0 heterocycles. The monoisotopic (exact) mass is 303 g/mol. The fraction of sp³-hybridized carbons (Fsp3) is 0.364. The molecule has 0 saturated heterocycles. The van der Waals surface area contributed by atoms with Gasteiger partial charge in [0, 0.05) is 16.7 Å². The summed E-state index contributed by atoms with van der Waals surface area (Å²) in [4.78, 5) is 11.0. The van der Waals surface area contributed by atoms with Crippen LogP contribution in [0.1, 0.15) is 16.8 Å². The molecule has 0 fully saturated rings. The zero-order valence-electron chi connectivity index (χ0n) is 9.00. The zero-order valence-corrected chi connectivity index (χ0v) is 11.4. The Morgan fingerprint density at radius 2 is 2.31 bits per heavy atom. The number of benzene rings is 1. The summed E-state index contributed by atoms with van der Waals surface area (Å²) in [6, 6.07) is 5.13. The Bertz CT molecular complexity index is 371. The number of aromatic carboxylic acids is 1. The van der Waals surface area contributed by atoms with Gasteiger partial charge in [0.2, 0.25) is 0 Å². The fourth-order valence-corrected chi connectivity index (χ4v) is 2.08. The lowest BCUT2D eigenvalue weighted by Crippen LogP contribution is -2.08. The molecule has 0 saturated carbocycles. The van der Waals surface area contributed by atoms with Crippen LogP contribution in [0, 0.1) is 0 Å². The smallest absolute Gasteiger partial charge is 0.337 e. The fourth-order valence-electron chi connectivity index (χ4n) is 1.29. The van der Waals surface area contributed by atoms with Crippen molar-refractivity contribution in [3.05, 3.63) is 28.2 Å². The van der Waals surface area contributed by atoms with Gasteiger partial charge in [-0.05, 0) is 36.6 Å². The summed E-state index contributed by atoms with van der Waals surface area (Å²) in [6.07, 6.45) is 3.08. The normalized spacial score (nSPS) is 10.1. The van der Waals surface area contributed by atoms with Gasteiger partial charge in [0.1, 0.15) is 0 Å². The second kappa shape index (κ2) is 6.81. The van der Waals surface area contributed by atoms with Gasteiger partial charge in [-0.25, -0.2) is 4.79 Å². The van der Waals surface area contributed by atoms with Gasteiger partial charge in [-0.2, -0.15) is 11.8 Å². The van der Waals surface area contributed by atoms with Gasteiger partial charge >= 0.3 is 5.97 Å². The van der Waals surface area contributed by atoms with E-state index in [1.807, 2.05) is 0 Å². The van der Waals surface area contributed by atoms with Crippen LogP contribution in [0.15, 0.2) is 22.7 Å².